The lowest BCUT2D eigenvalue weighted by Gasteiger charge is -2.33. The zero-order chi connectivity index (χ0) is 15.5. The average molecular weight is 374 g/mol. The summed E-state index contributed by atoms with van der Waals surface area (Å²) in [6.45, 7) is 4.41. The first-order valence-corrected chi connectivity index (χ1v) is 10.2. The highest BCUT2D eigenvalue weighted by Crippen LogP contribution is 2.29. The Balaban J connectivity index is 2.36. The lowest BCUT2D eigenvalue weighted by atomic mass is 9.95. The van der Waals surface area contributed by atoms with Crippen LogP contribution >= 0.6 is 15.9 Å². The van der Waals surface area contributed by atoms with Crippen LogP contribution < -0.4 is 0 Å². The van der Waals surface area contributed by atoms with Crippen molar-refractivity contribution in [2.45, 2.75) is 56.9 Å². The largest absolute Gasteiger partial charge is 0.243 e. The molecule has 0 N–H and O–H groups in total. The normalized spacial score (nSPS) is 17.3. The third-order valence-corrected chi connectivity index (χ3v) is 6.67. The molecule has 1 fully saturated rings. The van der Waals surface area contributed by atoms with E-state index < -0.39 is 10.0 Å². The molecule has 0 heterocycles. The van der Waals surface area contributed by atoms with Crippen molar-refractivity contribution in [3.63, 3.8) is 0 Å². The minimum atomic E-state index is -3.41. The van der Waals surface area contributed by atoms with E-state index in [1.165, 1.54) is 6.42 Å². The number of rotatable bonds is 5. The monoisotopic (exact) mass is 373 g/mol. The van der Waals surface area contributed by atoms with Gasteiger partial charge in [0.25, 0.3) is 0 Å². The van der Waals surface area contributed by atoms with E-state index in [9.17, 15) is 8.42 Å². The first kappa shape index (κ1) is 17.0. The number of sulfonamides is 1. The minimum absolute atomic E-state index is 0.155. The van der Waals surface area contributed by atoms with Crippen LogP contribution in [0.25, 0.3) is 0 Å². The van der Waals surface area contributed by atoms with Gasteiger partial charge in [0, 0.05) is 17.9 Å². The molecule has 1 saturated carbocycles. The molecule has 21 heavy (non-hydrogen) atoms. The Bertz CT molecular complexity index is 580. The van der Waals surface area contributed by atoms with Gasteiger partial charge in [0.05, 0.1) is 4.90 Å². The van der Waals surface area contributed by atoms with Gasteiger partial charge < -0.3 is 0 Å². The summed E-state index contributed by atoms with van der Waals surface area (Å²) in [5.41, 5.74) is 1.93. The van der Waals surface area contributed by atoms with E-state index in [2.05, 4.69) is 15.9 Å². The van der Waals surface area contributed by atoms with Crippen LogP contribution in [0.2, 0.25) is 0 Å². The molecule has 1 aromatic carbocycles. The molecule has 0 spiro atoms. The van der Waals surface area contributed by atoms with Crippen molar-refractivity contribution in [1.29, 1.82) is 0 Å². The van der Waals surface area contributed by atoms with Gasteiger partial charge in [-0.25, -0.2) is 8.42 Å². The Morgan fingerprint density at radius 2 is 1.86 bits per heavy atom. The second-order valence-corrected chi connectivity index (χ2v) is 8.52. The Labute approximate surface area is 136 Å². The zero-order valence-corrected chi connectivity index (χ0v) is 15.2. The molecule has 3 nitrogen and oxygen atoms in total. The maximum Gasteiger partial charge on any atom is 0.243 e. The molecule has 2 rings (SSSR count). The molecule has 0 unspecified atom stereocenters. The fourth-order valence-corrected chi connectivity index (χ4v) is 5.68. The predicted octanol–water partition coefficient (Wildman–Crippen LogP) is 4.02. The van der Waals surface area contributed by atoms with Crippen molar-refractivity contribution < 1.29 is 8.42 Å². The van der Waals surface area contributed by atoms with Crippen LogP contribution in [0.4, 0.5) is 0 Å². The van der Waals surface area contributed by atoms with Gasteiger partial charge in [0.2, 0.25) is 10.0 Å². The molecule has 5 heteroatoms. The van der Waals surface area contributed by atoms with Crippen molar-refractivity contribution in [3.05, 3.63) is 29.3 Å². The number of halogens is 1. The van der Waals surface area contributed by atoms with Gasteiger partial charge in [-0.2, -0.15) is 4.31 Å². The van der Waals surface area contributed by atoms with Crippen LogP contribution in [0.1, 0.15) is 43.2 Å². The summed E-state index contributed by atoms with van der Waals surface area (Å²) in [5, 5.41) is 0.674. The maximum absolute atomic E-state index is 13.1. The lowest BCUT2D eigenvalue weighted by molar-refractivity contribution is 0.263. The van der Waals surface area contributed by atoms with Crippen molar-refractivity contribution in [1.82, 2.24) is 4.31 Å². The van der Waals surface area contributed by atoms with Gasteiger partial charge in [-0.3, -0.25) is 0 Å². The number of hydrogen-bond donors (Lipinski definition) is 0. The fraction of sp³-hybridized carbons (Fsp3) is 0.625. The van der Waals surface area contributed by atoms with Crippen LogP contribution in [0.3, 0.4) is 0 Å². The average Bonchev–Trinajstić information content (AvgIpc) is 2.45. The maximum atomic E-state index is 13.1. The molecular formula is C16H24BrNO2S. The summed E-state index contributed by atoms with van der Waals surface area (Å²) in [7, 11) is -3.41. The summed E-state index contributed by atoms with van der Waals surface area (Å²) in [5.74, 6) is 0. The van der Waals surface area contributed by atoms with Gasteiger partial charge in [-0.1, -0.05) is 52.9 Å². The van der Waals surface area contributed by atoms with Crippen LogP contribution in [0, 0.1) is 13.8 Å². The molecule has 0 bridgehead atoms. The number of nitrogens with zero attached hydrogens (tertiary/aromatic N) is 1. The van der Waals surface area contributed by atoms with Gasteiger partial charge in [-0.15, -0.1) is 0 Å². The summed E-state index contributed by atoms with van der Waals surface area (Å²) < 4.78 is 27.8. The predicted molar refractivity (Wildman–Crippen MR) is 90.5 cm³/mol. The van der Waals surface area contributed by atoms with Crippen LogP contribution in [0.5, 0.6) is 0 Å². The highest BCUT2D eigenvalue weighted by molar-refractivity contribution is 9.09. The van der Waals surface area contributed by atoms with E-state index in [1.807, 2.05) is 26.0 Å². The van der Waals surface area contributed by atoms with Crippen molar-refractivity contribution in [3.8, 4) is 0 Å². The third-order valence-electron chi connectivity index (χ3n) is 4.20. The summed E-state index contributed by atoms with van der Waals surface area (Å²) >= 11 is 3.41. The third kappa shape index (κ3) is 3.88. The minimum Gasteiger partial charge on any atom is -0.207 e. The molecule has 1 aliphatic rings. The summed E-state index contributed by atoms with van der Waals surface area (Å²) in [6.07, 6.45) is 5.45. The van der Waals surface area contributed by atoms with Crippen molar-refractivity contribution in [2.24, 2.45) is 0 Å². The molecule has 1 aliphatic carbocycles. The smallest absolute Gasteiger partial charge is 0.207 e. The van der Waals surface area contributed by atoms with E-state index in [0.29, 0.717) is 16.8 Å². The topological polar surface area (TPSA) is 37.4 Å². The summed E-state index contributed by atoms with van der Waals surface area (Å²) in [4.78, 5) is 0.458. The van der Waals surface area contributed by atoms with E-state index in [4.69, 9.17) is 0 Å². The fourth-order valence-electron chi connectivity index (χ4n) is 3.17. The van der Waals surface area contributed by atoms with E-state index in [-0.39, 0.29) is 6.04 Å². The number of hydrogen-bond acceptors (Lipinski definition) is 2. The second-order valence-electron chi connectivity index (χ2n) is 5.87. The zero-order valence-electron chi connectivity index (χ0n) is 12.8. The van der Waals surface area contributed by atoms with Crippen LogP contribution in [-0.4, -0.2) is 30.6 Å². The Morgan fingerprint density at radius 3 is 2.43 bits per heavy atom. The first-order valence-electron chi connectivity index (χ1n) is 7.62. The van der Waals surface area contributed by atoms with E-state index in [0.717, 1.165) is 36.8 Å². The highest BCUT2D eigenvalue weighted by atomic mass is 79.9. The Hall–Kier alpha value is -0.390. The van der Waals surface area contributed by atoms with Gasteiger partial charge in [0.1, 0.15) is 0 Å². The van der Waals surface area contributed by atoms with Crippen molar-refractivity contribution in [2.75, 3.05) is 11.9 Å². The molecule has 0 atom stereocenters. The molecule has 0 saturated heterocycles. The molecule has 0 aliphatic heterocycles. The van der Waals surface area contributed by atoms with E-state index in [1.54, 1.807) is 10.4 Å². The van der Waals surface area contributed by atoms with Gasteiger partial charge in [-0.05, 0) is 38.3 Å². The highest BCUT2D eigenvalue weighted by Gasteiger charge is 2.32. The van der Waals surface area contributed by atoms with Gasteiger partial charge >= 0.3 is 0 Å². The SMILES string of the molecule is Cc1ccc(S(=O)(=O)N(CCBr)C2CCCCC2)c(C)c1. The standard InChI is InChI=1S/C16H24BrNO2S/c1-13-8-9-16(14(2)12-13)21(19,20)18(11-10-17)15-6-4-3-5-7-15/h8-9,12,15H,3-7,10-11H2,1-2H3. The number of aryl methyl sites for hydroxylation is 2. The molecule has 118 valence electrons. The van der Waals surface area contributed by atoms with E-state index >= 15 is 0 Å². The molecular weight excluding hydrogens is 350 g/mol. The molecule has 1 aromatic rings. The van der Waals surface area contributed by atoms with Crippen LogP contribution in [-0.2, 0) is 10.0 Å². The summed E-state index contributed by atoms with van der Waals surface area (Å²) in [6, 6.07) is 5.74. The number of benzene rings is 1. The van der Waals surface area contributed by atoms with Gasteiger partial charge in [0.15, 0.2) is 0 Å². The second kappa shape index (κ2) is 7.25. The first-order chi connectivity index (χ1) is 9.96. The van der Waals surface area contributed by atoms with Crippen LogP contribution in [0.15, 0.2) is 23.1 Å². The lowest BCUT2D eigenvalue weighted by Crippen LogP contribution is -2.42. The Morgan fingerprint density at radius 1 is 1.19 bits per heavy atom. The molecule has 0 radical (unpaired) electrons. The quantitative estimate of drug-likeness (QED) is 0.730. The molecule has 0 aromatic heterocycles. The van der Waals surface area contributed by atoms with Crippen molar-refractivity contribution >= 4 is 26.0 Å². The molecule has 0 amide bonds. The Kier molecular flexibility index (Phi) is 5.86. The number of alkyl halides is 1.